The minimum Gasteiger partial charge on any atom is -0.478 e. The highest BCUT2D eigenvalue weighted by atomic mass is 32.1. The molecule has 0 aliphatic heterocycles. The Morgan fingerprint density at radius 2 is 1.81 bits per heavy atom. The standard InChI is InChI=1S/C17H11F3N4O3S.C6H14N2O/c1-24-12-5-2-8(14(25)26)6-11(12)21-15(24)23-16-22-10-4-3-9(7-13(10)28-16)27-17(18,19)20;1-4-8(5-2)6(9)7-3/h2-7H,1H3,(H,25,26)(H,21,22,23);4-5H2,1-3H3,(H,7,9). The summed E-state index contributed by atoms with van der Waals surface area (Å²) >= 11 is 1.14. The van der Waals surface area contributed by atoms with Gasteiger partial charge in [-0.1, -0.05) is 11.3 Å². The fraction of sp³-hybridized carbons (Fsp3) is 0.304. The number of imidazole rings is 1. The molecular formula is C23H25F3N6O4S. The minimum atomic E-state index is -4.76. The van der Waals surface area contributed by atoms with Crippen LogP contribution in [0.25, 0.3) is 21.3 Å². The van der Waals surface area contributed by atoms with Gasteiger partial charge in [0, 0.05) is 33.3 Å². The molecule has 2 heterocycles. The predicted octanol–water partition coefficient (Wildman–Crippen LogP) is 5.19. The van der Waals surface area contributed by atoms with Crippen LogP contribution in [0.2, 0.25) is 0 Å². The van der Waals surface area contributed by atoms with Crippen LogP contribution in [-0.4, -0.2) is 63.0 Å². The lowest BCUT2D eigenvalue weighted by Gasteiger charge is -2.16. The van der Waals surface area contributed by atoms with Gasteiger partial charge >= 0.3 is 18.4 Å². The van der Waals surface area contributed by atoms with Crippen LogP contribution in [0.4, 0.5) is 29.0 Å². The van der Waals surface area contributed by atoms with Crippen molar-refractivity contribution in [1.29, 1.82) is 0 Å². The Hall–Kier alpha value is -4.07. The number of alkyl halides is 3. The fourth-order valence-electron chi connectivity index (χ4n) is 3.36. The number of halogens is 3. The molecule has 0 fully saturated rings. The second-order valence-corrected chi connectivity index (χ2v) is 8.58. The third kappa shape index (κ3) is 6.78. The molecule has 0 atom stereocenters. The number of aromatic nitrogens is 3. The van der Waals surface area contributed by atoms with E-state index in [9.17, 15) is 22.8 Å². The molecule has 14 heteroatoms. The highest BCUT2D eigenvalue weighted by molar-refractivity contribution is 7.22. The summed E-state index contributed by atoms with van der Waals surface area (Å²) in [6, 6.07) is 8.49. The first-order valence-corrected chi connectivity index (χ1v) is 11.9. The SMILES string of the molecule is CCN(CC)C(=O)NC.Cn1c(Nc2nc3ccc(OC(F)(F)F)cc3s2)nc2cc(C(=O)O)ccc21. The number of benzene rings is 2. The summed E-state index contributed by atoms with van der Waals surface area (Å²) < 4.78 is 43.2. The number of aryl methyl sites for hydroxylation is 1. The van der Waals surface area contributed by atoms with Crippen LogP contribution in [0.1, 0.15) is 24.2 Å². The number of carboxylic acid groups (broad SMARTS) is 1. The van der Waals surface area contributed by atoms with E-state index in [-0.39, 0.29) is 17.3 Å². The zero-order valence-electron chi connectivity index (χ0n) is 20.4. The van der Waals surface area contributed by atoms with Gasteiger partial charge in [0.2, 0.25) is 5.95 Å². The summed E-state index contributed by atoms with van der Waals surface area (Å²) in [5.74, 6) is -0.951. The number of aromatic carboxylic acids is 1. The number of carboxylic acids is 1. The second-order valence-electron chi connectivity index (χ2n) is 7.55. The summed E-state index contributed by atoms with van der Waals surface area (Å²) in [6.07, 6.45) is -4.76. The molecule has 2 aromatic heterocycles. The average molecular weight is 539 g/mol. The van der Waals surface area contributed by atoms with Gasteiger partial charge in [0.05, 0.1) is 26.8 Å². The molecule has 37 heavy (non-hydrogen) atoms. The Morgan fingerprint density at radius 3 is 2.38 bits per heavy atom. The zero-order valence-corrected chi connectivity index (χ0v) is 21.2. The summed E-state index contributed by atoms with van der Waals surface area (Å²) in [7, 11) is 3.39. The first-order valence-electron chi connectivity index (χ1n) is 11.1. The molecule has 198 valence electrons. The van der Waals surface area contributed by atoms with E-state index in [0.29, 0.717) is 26.8 Å². The molecule has 10 nitrogen and oxygen atoms in total. The molecule has 0 aliphatic rings. The number of anilines is 2. The maximum atomic E-state index is 12.4. The lowest BCUT2D eigenvalue weighted by molar-refractivity contribution is -0.274. The van der Waals surface area contributed by atoms with Gasteiger partial charge in [0.25, 0.3) is 0 Å². The summed E-state index contributed by atoms with van der Waals surface area (Å²) in [4.78, 5) is 32.3. The molecular weight excluding hydrogens is 513 g/mol. The molecule has 0 aliphatic carbocycles. The van der Waals surface area contributed by atoms with Crippen LogP contribution in [-0.2, 0) is 7.05 Å². The van der Waals surface area contributed by atoms with Crippen LogP contribution < -0.4 is 15.4 Å². The van der Waals surface area contributed by atoms with Gasteiger partial charge in [-0.05, 0) is 44.2 Å². The Labute approximate surface area is 213 Å². The van der Waals surface area contributed by atoms with Crippen LogP contribution in [0.15, 0.2) is 36.4 Å². The van der Waals surface area contributed by atoms with Crippen LogP contribution >= 0.6 is 11.3 Å². The van der Waals surface area contributed by atoms with E-state index < -0.39 is 12.3 Å². The summed E-state index contributed by atoms with van der Waals surface area (Å²) in [5, 5.41) is 15.1. The van der Waals surface area contributed by atoms with Gasteiger partial charge in [0.15, 0.2) is 5.13 Å². The van der Waals surface area contributed by atoms with E-state index in [4.69, 9.17) is 5.11 Å². The molecule has 2 aromatic carbocycles. The maximum Gasteiger partial charge on any atom is 0.573 e. The zero-order chi connectivity index (χ0) is 27.3. The van der Waals surface area contributed by atoms with Crippen molar-refractivity contribution in [1.82, 2.24) is 24.8 Å². The number of ether oxygens (including phenoxy) is 1. The number of fused-ring (bicyclic) bond motifs is 2. The molecule has 0 saturated heterocycles. The number of carbonyl (C=O) groups is 2. The highest BCUT2D eigenvalue weighted by Crippen LogP contribution is 2.33. The average Bonchev–Trinajstić information content (AvgIpc) is 3.38. The molecule has 0 radical (unpaired) electrons. The summed E-state index contributed by atoms with van der Waals surface area (Å²) in [6.45, 7) is 5.46. The molecule has 2 amide bonds. The number of nitrogens with zero attached hydrogens (tertiary/aromatic N) is 4. The number of hydrogen-bond acceptors (Lipinski definition) is 7. The van der Waals surface area contributed by atoms with Crippen molar-refractivity contribution in [2.45, 2.75) is 20.2 Å². The quantitative estimate of drug-likeness (QED) is 0.309. The number of urea groups is 1. The van der Waals surface area contributed by atoms with Crippen molar-refractivity contribution in [3.63, 3.8) is 0 Å². The van der Waals surface area contributed by atoms with Gasteiger partial charge in [0.1, 0.15) is 5.75 Å². The minimum absolute atomic E-state index is 0.000000000000000222. The number of amides is 2. The Bertz CT molecular complexity index is 1420. The van der Waals surface area contributed by atoms with Crippen molar-refractivity contribution in [3.8, 4) is 5.75 Å². The van der Waals surface area contributed by atoms with Crippen LogP contribution in [0, 0.1) is 0 Å². The van der Waals surface area contributed by atoms with E-state index in [0.717, 1.165) is 29.9 Å². The first kappa shape index (κ1) is 27.5. The lowest BCUT2D eigenvalue weighted by atomic mass is 10.2. The number of carbonyl (C=O) groups excluding carboxylic acids is 1. The number of rotatable bonds is 6. The largest absolute Gasteiger partial charge is 0.573 e. The molecule has 3 N–H and O–H groups in total. The van der Waals surface area contributed by atoms with Gasteiger partial charge in [-0.2, -0.15) is 0 Å². The van der Waals surface area contributed by atoms with Crippen molar-refractivity contribution < 1.29 is 32.6 Å². The monoisotopic (exact) mass is 538 g/mol. The normalized spacial score (nSPS) is 11.1. The van der Waals surface area contributed by atoms with E-state index in [1.165, 1.54) is 30.3 Å². The second kappa shape index (κ2) is 11.3. The van der Waals surface area contributed by atoms with E-state index >= 15 is 0 Å². The van der Waals surface area contributed by atoms with E-state index in [1.807, 2.05) is 13.8 Å². The van der Waals surface area contributed by atoms with Gasteiger partial charge in [-0.3, -0.25) is 0 Å². The fourth-order valence-corrected chi connectivity index (χ4v) is 4.25. The first-order chi connectivity index (χ1) is 17.4. The molecule has 0 bridgehead atoms. The van der Waals surface area contributed by atoms with Gasteiger partial charge in [-0.15, -0.1) is 13.2 Å². The maximum absolute atomic E-state index is 12.4. The highest BCUT2D eigenvalue weighted by Gasteiger charge is 2.31. The van der Waals surface area contributed by atoms with Crippen molar-refractivity contribution in [2.75, 3.05) is 25.5 Å². The third-order valence-corrected chi connectivity index (χ3v) is 6.14. The number of hydrogen-bond donors (Lipinski definition) is 3. The summed E-state index contributed by atoms with van der Waals surface area (Å²) in [5.41, 5.74) is 1.84. The van der Waals surface area contributed by atoms with Crippen LogP contribution in [0.3, 0.4) is 0 Å². The number of nitrogens with one attached hydrogen (secondary N) is 2. The Balaban J connectivity index is 0.000000364. The predicted molar refractivity (Wildman–Crippen MR) is 135 cm³/mol. The van der Waals surface area contributed by atoms with Gasteiger partial charge < -0.3 is 29.9 Å². The van der Waals surface area contributed by atoms with Crippen molar-refractivity contribution >= 4 is 55.7 Å². The van der Waals surface area contributed by atoms with Gasteiger partial charge in [-0.25, -0.2) is 19.6 Å². The molecule has 0 unspecified atom stereocenters. The van der Waals surface area contributed by atoms with Crippen LogP contribution in [0.5, 0.6) is 5.75 Å². The smallest absolute Gasteiger partial charge is 0.478 e. The molecule has 4 rings (SSSR count). The molecule has 4 aromatic rings. The Kier molecular flexibility index (Phi) is 8.42. The Morgan fingerprint density at radius 1 is 1.11 bits per heavy atom. The van der Waals surface area contributed by atoms with E-state index in [1.54, 1.807) is 29.6 Å². The number of thiazole rings is 1. The topological polar surface area (TPSA) is 122 Å². The van der Waals surface area contributed by atoms with E-state index in [2.05, 4.69) is 25.3 Å². The lowest BCUT2D eigenvalue weighted by Crippen LogP contribution is -2.37. The molecule has 0 spiro atoms. The third-order valence-electron chi connectivity index (χ3n) is 5.20. The molecule has 0 saturated carbocycles. The van der Waals surface area contributed by atoms with Crippen molar-refractivity contribution in [3.05, 3.63) is 42.0 Å². The van der Waals surface area contributed by atoms with Crippen molar-refractivity contribution in [2.24, 2.45) is 7.05 Å².